The quantitative estimate of drug-likeness (QED) is 0.164. The van der Waals surface area contributed by atoms with E-state index in [0.717, 1.165) is 21.9 Å². The van der Waals surface area contributed by atoms with Crippen molar-refractivity contribution in [3.8, 4) is 11.5 Å². The predicted octanol–water partition coefficient (Wildman–Crippen LogP) is 5.29. The Morgan fingerprint density at radius 2 is 1.72 bits per heavy atom. The number of hydrogen-bond acceptors (Lipinski definition) is 6. The zero-order valence-corrected chi connectivity index (χ0v) is 26.9. The van der Waals surface area contributed by atoms with Crippen LogP contribution in [0.5, 0.6) is 11.5 Å². The average molecular weight is 675 g/mol. The Balaban J connectivity index is 1.32. The summed E-state index contributed by atoms with van der Waals surface area (Å²) in [6, 6.07) is 21.9. The Hall–Kier alpha value is -4.77. The number of rotatable bonds is 9. The van der Waals surface area contributed by atoms with E-state index in [1.54, 1.807) is 40.3 Å². The van der Waals surface area contributed by atoms with Crippen LogP contribution in [0.3, 0.4) is 0 Å². The van der Waals surface area contributed by atoms with Crippen LogP contribution in [-0.4, -0.2) is 79.7 Å². The number of halogens is 2. The van der Waals surface area contributed by atoms with Crippen LogP contribution in [0.2, 0.25) is 10.0 Å². The van der Waals surface area contributed by atoms with E-state index in [0.29, 0.717) is 15.6 Å². The molecule has 4 aromatic carbocycles. The monoisotopic (exact) mass is 673 g/mol. The Labute approximate surface area is 282 Å². The van der Waals surface area contributed by atoms with Crippen molar-refractivity contribution in [2.24, 2.45) is 0 Å². The summed E-state index contributed by atoms with van der Waals surface area (Å²) in [6.07, 6.45) is 1.01. The van der Waals surface area contributed by atoms with Crippen LogP contribution < -0.4 is 5.32 Å². The van der Waals surface area contributed by atoms with E-state index in [-0.39, 0.29) is 62.5 Å². The van der Waals surface area contributed by atoms with E-state index in [1.165, 1.54) is 22.0 Å². The standard InChI is InChI=1S/C35H33Cl2N5O5/c1-2-14-40(35(47)38-18-23-10-12-27(36)28(37)15-23)41-21-33(45)42-29(16-22-11-13-30(43)31(44)17-22)34(46)39(20-32(41)42)19-25-8-5-7-24-6-3-4-9-26(24)25/h2-13,15,17,29,32,43-44H,1,14,16,18-21H2,(H,38,47)/t29-,32+/m0/s1. The molecule has 0 aromatic heterocycles. The third-order valence-corrected chi connectivity index (χ3v) is 9.29. The lowest BCUT2D eigenvalue weighted by molar-refractivity contribution is -0.157. The molecule has 2 aliphatic rings. The van der Waals surface area contributed by atoms with Gasteiger partial charge in [-0.15, -0.1) is 6.58 Å². The second-order valence-corrected chi connectivity index (χ2v) is 12.4. The third-order valence-electron chi connectivity index (χ3n) is 8.55. The van der Waals surface area contributed by atoms with Gasteiger partial charge in [0.05, 0.1) is 29.7 Å². The molecule has 242 valence electrons. The molecule has 2 saturated heterocycles. The summed E-state index contributed by atoms with van der Waals surface area (Å²) in [5.41, 5.74) is 2.26. The highest BCUT2D eigenvalue weighted by Gasteiger charge is 2.52. The normalized spacial score (nSPS) is 18.0. The number of phenols is 2. The Kier molecular flexibility index (Phi) is 9.26. The maximum absolute atomic E-state index is 14.2. The summed E-state index contributed by atoms with van der Waals surface area (Å²) in [7, 11) is 0. The number of carbonyl (C=O) groups excluding carboxylic acids is 3. The molecule has 2 heterocycles. The summed E-state index contributed by atoms with van der Waals surface area (Å²) >= 11 is 12.2. The number of hydrogen-bond donors (Lipinski definition) is 3. The molecule has 0 aliphatic carbocycles. The summed E-state index contributed by atoms with van der Waals surface area (Å²) in [5.74, 6) is -1.17. The Morgan fingerprint density at radius 3 is 2.49 bits per heavy atom. The smallest absolute Gasteiger partial charge is 0.332 e. The molecule has 3 N–H and O–H groups in total. The first kappa shape index (κ1) is 32.2. The van der Waals surface area contributed by atoms with Crippen LogP contribution in [0.1, 0.15) is 16.7 Å². The molecule has 4 amide bonds. The number of nitrogens with one attached hydrogen (secondary N) is 1. The number of carbonyl (C=O) groups is 3. The van der Waals surface area contributed by atoms with E-state index in [4.69, 9.17) is 23.2 Å². The zero-order chi connectivity index (χ0) is 33.2. The number of hydrazine groups is 1. The van der Waals surface area contributed by atoms with Gasteiger partial charge in [-0.1, -0.05) is 83.9 Å². The van der Waals surface area contributed by atoms with Crippen molar-refractivity contribution in [2.75, 3.05) is 19.6 Å². The predicted molar refractivity (Wildman–Crippen MR) is 180 cm³/mol. The van der Waals surface area contributed by atoms with Crippen molar-refractivity contribution in [1.82, 2.24) is 25.1 Å². The molecule has 12 heteroatoms. The largest absolute Gasteiger partial charge is 0.504 e. The molecule has 10 nitrogen and oxygen atoms in total. The molecular weight excluding hydrogens is 641 g/mol. The second-order valence-electron chi connectivity index (χ2n) is 11.6. The van der Waals surface area contributed by atoms with Crippen LogP contribution in [0.15, 0.2) is 91.5 Å². The first-order chi connectivity index (χ1) is 22.6. The van der Waals surface area contributed by atoms with E-state index in [1.807, 2.05) is 42.5 Å². The molecule has 2 fully saturated rings. The highest BCUT2D eigenvalue weighted by Crippen LogP contribution is 2.33. The summed E-state index contributed by atoms with van der Waals surface area (Å²) < 4.78 is 0. The average Bonchev–Trinajstić information content (AvgIpc) is 3.38. The fourth-order valence-corrected chi connectivity index (χ4v) is 6.61. The molecule has 0 bridgehead atoms. The minimum atomic E-state index is -0.921. The summed E-state index contributed by atoms with van der Waals surface area (Å²) in [6.45, 7) is 4.41. The summed E-state index contributed by atoms with van der Waals surface area (Å²) in [5, 5.41) is 28.9. The van der Waals surface area contributed by atoms with Crippen LogP contribution >= 0.6 is 23.2 Å². The van der Waals surface area contributed by atoms with Crippen molar-refractivity contribution in [3.05, 3.63) is 118 Å². The van der Waals surface area contributed by atoms with E-state index < -0.39 is 18.2 Å². The van der Waals surface area contributed by atoms with Gasteiger partial charge < -0.3 is 25.3 Å². The van der Waals surface area contributed by atoms with Crippen molar-refractivity contribution >= 4 is 51.8 Å². The van der Waals surface area contributed by atoms with Crippen molar-refractivity contribution < 1.29 is 24.6 Å². The maximum Gasteiger partial charge on any atom is 0.332 e. The first-order valence-corrected chi connectivity index (χ1v) is 15.8. The topological polar surface area (TPSA) is 117 Å². The minimum absolute atomic E-state index is 0.0970. The number of benzene rings is 4. The van der Waals surface area contributed by atoms with Crippen LogP contribution in [0.25, 0.3) is 10.8 Å². The number of fused-ring (bicyclic) bond motifs is 2. The SMILES string of the molecule is C=CCN(C(=O)NCc1ccc(Cl)c(Cl)c1)N1CC(=O)N2[C@@H](Cc3ccc(O)c(O)c3)C(=O)N(Cc3cccc4ccccc34)C[C@@H]21. The Morgan fingerprint density at radius 1 is 0.957 bits per heavy atom. The number of nitrogens with zero attached hydrogens (tertiary/aromatic N) is 4. The number of piperazine rings is 1. The van der Waals surface area contributed by atoms with Gasteiger partial charge in [0.25, 0.3) is 0 Å². The van der Waals surface area contributed by atoms with Gasteiger partial charge in [-0.2, -0.15) is 5.01 Å². The highest BCUT2D eigenvalue weighted by molar-refractivity contribution is 6.42. The molecule has 0 unspecified atom stereocenters. The second kappa shape index (κ2) is 13.5. The van der Waals surface area contributed by atoms with E-state index >= 15 is 0 Å². The fourth-order valence-electron chi connectivity index (χ4n) is 6.29. The highest BCUT2D eigenvalue weighted by atomic mass is 35.5. The molecule has 0 spiro atoms. The van der Waals surface area contributed by atoms with Crippen LogP contribution in [-0.2, 0) is 29.1 Å². The van der Waals surface area contributed by atoms with Gasteiger partial charge in [0.15, 0.2) is 11.5 Å². The van der Waals surface area contributed by atoms with Gasteiger partial charge in [-0.3, -0.25) is 14.6 Å². The summed E-state index contributed by atoms with van der Waals surface area (Å²) in [4.78, 5) is 44.9. The van der Waals surface area contributed by atoms with Gasteiger partial charge in [0, 0.05) is 19.5 Å². The molecule has 2 aliphatic heterocycles. The first-order valence-electron chi connectivity index (χ1n) is 15.1. The number of amides is 4. The lowest BCUT2D eigenvalue weighted by Gasteiger charge is -2.46. The third kappa shape index (κ3) is 6.58. The van der Waals surface area contributed by atoms with Crippen molar-refractivity contribution in [2.45, 2.75) is 31.7 Å². The maximum atomic E-state index is 14.2. The lowest BCUT2D eigenvalue weighted by Crippen LogP contribution is -2.66. The molecule has 6 rings (SSSR count). The zero-order valence-electron chi connectivity index (χ0n) is 25.4. The molecular formula is C35H33Cl2N5O5. The van der Waals surface area contributed by atoms with Gasteiger partial charge in [0.1, 0.15) is 12.2 Å². The number of phenolic OH excluding ortho intramolecular Hbond substituents is 2. The van der Waals surface area contributed by atoms with Crippen LogP contribution in [0, 0.1) is 0 Å². The van der Waals surface area contributed by atoms with Crippen molar-refractivity contribution in [3.63, 3.8) is 0 Å². The molecule has 0 saturated carbocycles. The Bertz CT molecular complexity index is 1860. The van der Waals surface area contributed by atoms with E-state index in [2.05, 4.69) is 11.9 Å². The molecule has 0 radical (unpaired) electrons. The fraction of sp³-hybridized carbons (Fsp3) is 0.229. The van der Waals surface area contributed by atoms with Crippen LogP contribution in [0.4, 0.5) is 4.79 Å². The van der Waals surface area contributed by atoms with Gasteiger partial charge in [-0.25, -0.2) is 4.79 Å². The van der Waals surface area contributed by atoms with Gasteiger partial charge in [-0.05, 0) is 51.7 Å². The number of aromatic hydroxyl groups is 2. The minimum Gasteiger partial charge on any atom is -0.504 e. The molecule has 47 heavy (non-hydrogen) atoms. The van der Waals surface area contributed by atoms with Gasteiger partial charge in [0.2, 0.25) is 11.8 Å². The number of urea groups is 1. The molecule has 2 atom stereocenters. The molecule has 4 aromatic rings. The van der Waals surface area contributed by atoms with Crippen molar-refractivity contribution in [1.29, 1.82) is 0 Å². The lowest BCUT2D eigenvalue weighted by atomic mass is 9.98. The van der Waals surface area contributed by atoms with Gasteiger partial charge >= 0.3 is 6.03 Å². The van der Waals surface area contributed by atoms with E-state index in [9.17, 15) is 24.6 Å².